The van der Waals surface area contributed by atoms with Crippen molar-refractivity contribution in [3.63, 3.8) is 0 Å². The van der Waals surface area contributed by atoms with Crippen LogP contribution in [0.15, 0.2) is 42.5 Å². The number of carbonyl (C=O) groups excluding carboxylic acids is 3. The second-order valence-corrected chi connectivity index (χ2v) is 11.7. The molecule has 2 aromatic rings. The van der Waals surface area contributed by atoms with Crippen molar-refractivity contribution in [1.29, 1.82) is 0 Å². The lowest BCUT2D eigenvalue weighted by Crippen LogP contribution is -2.51. The van der Waals surface area contributed by atoms with E-state index in [0.717, 1.165) is 24.3 Å². The minimum absolute atomic E-state index is 0.195. The second-order valence-electron chi connectivity index (χ2n) is 11.7. The Kier molecular flexibility index (Phi) is 12.5. The number of rotatable bonds is 14. The molecule has 0 N–H and O–H groups in total. The first-order valence-corrected chi connectivity index (χ1v) is 13.7. The Morgan fingerprint density at radius 3 is 2.08 bits per heavy atom. The van der Waals surface area contributed by atoms with Crippen LogP contribution in [0, 0.1) is 0 Å². The Hall–Kier alpha value is -3.01. The number of esters is 2. The molecule has 2 rings (SSSR count). The van der Waals surface area contributed by atoms with Gasteiger partial charge in [-0.05, 0) is 77.1 Å². The van der Waals surface area contributed by atoms with Crippen LogP contribution < -0.4 is 0 Å². The number of fused-ring (bicyclic) bond motifs is 1. The van der Waals surface area contributed by atoms with Gasteiger partial charge in [-0.3, -0.25) is 9.63 Å². The monoisotopic (exact) mass is 559 g/mol. The fraction of sp³-hybridized carbons (Fsp3) is 0.581. The van der Waals surface area contributed by atoms with Gasteiger partial charge in [0.2, 0.25) is 0 Å². The molecule has 0 fully saturated rings. The number of benzene rings is 2. The van der Waals surface area contributed by atoms with E-state index in [1.165, 1.54) is 30.5 Å². The molecule has 0 unspecified atom stereocenters. The van der Waals surface area contributed by atoms with Crippen molar-refractivity contribution in [1.82, 2.24) is 5.06 Å². The van der Waals surface area contributed by atoms with Gasteiger partial charge in [0.1, 0.15) is 17.8 Å². The third kappa shape index (κ3) is 11.6. The first-order valence-electron chi connectivity index (χ1n) is 13.7. The molecule has 0 saturated heterocycles. The highest BCUT2D eigenvalue weighted by Crippen LogP contribution is 2.19. The molecule has 222 valence electrons. The Labute approximate surface area is 238 Å². The summed E-state index contributed by atoms with van der Waals surface area (Å²) in [7, 11) is 2.73. The number of nitrogens with zero attached hydrogens (tertiary/aromatic N) is 1. The summed E-state index contributed by atoms with van der Waals surface area (Å²) < 4.78 is 22.3. The topological polar surface area (TPSA) is 101 Å². The maximum Gasteiger partial charge on any atom is 0.339 e. The summed E-state index contributed by atoms with van der Waals surface area (Å²) in [6.07, 6.45) is 0.463. The van der Waals surface area contributed by atoms with Gasteiger partial charge in [-0.2, -0.15) is 0 Å². The fourth-order valence-corrected chi connectivity index (χ4v) is 3.94. The molecule has 9 nitrogen and oxygen atoms in total. The molecule has 40 heavy (non-hydrogen) atoms. The third-order valence-electron chi connectivity index (χ3n) is 5.76. The summed E-state index contributed by atoms with van der Waals surface area (Å²) in [5.74, 6) is -2.14. The maximum atomic E-state index is 13.1. The highest BCUT2D eigenvalue weighted by atomic mass is 16.7. The highest BCUT2D eigenvalue weighted by Gasteiger charge is 2.41. The average molecular weight is 560 g/mol. The minimum Gasteiger partial charge on any atom is -0.458 e. The fourth-order valence-electron chi connectivity index (χ4n) is 3.94. The number of ether oxygens (including phenoxy) is 4. The van der Waals surface area contributed by atoms with Gasteiger partial charge in [0.05, 0.1) is 7.11 Å². The smallest absolute Gasteiger partial charge is 0.339 e. The molecule has 0 aliphatic heterocycles. The van der Waals surface area contributed by atoms with Crippen molar-refractivity contribution in [3.8, 4) is 0 Å². The third-order valence-corrected chi connectivity index (χ3v) is 5.76. The summed E-state index contributed by atoms with van der Waals surface area (Å²) in [5.41, 5.74) is -0.333. The second kappa shape index (κ2) is 15.1. The zero-order valence-corrected chi connectivity index (χ0v) is 25.2. The van der Waals surface area contributed by atoms with E-state index in [9.17, 15) is 14.4 Å². The molecular weight excluding hydrogens is 514 g/mol. The summed E-state index contributed by atoms with van der Waals surface area (Å²) in [4.78, 5) is 43.6. The maximum absolute atomic E-state index is 13.1. The van der Waals surface area contributed by atoms with Crippen LogP contribution in [-0.4, -0.2) is 73.7 Å². The Morgan fingerprint density at radius 1 is 0.800 bits per heavy atom. The van der Waals surface area contributed by atoms with Gasteiger partial charge >= 0.3 is 11.9 Å². The minimum atomic E-state index is -1.51. The van der Waals surface area contributed by atoms with Gasteiger partial charge in [0.25, 0.3) is 5.91 Å². The lowest BCUT2D eigenvalue weighted by Gasteiger charge is -2.30. The van der Waals surface area contributed by atoms with Crippen LogP contribution in [0.5, 0.6) is 0 Å². The number of unbranched alkanes of at least 4 members (excludes halogenated alkanes) is 2. The summed E-state index contributed by atoms with van der Waals surface area (Å²) in [6.45, 7) is 9.90. The summed E-state index contributed by atoms with van der Waals surface area (Å²) >= 11 is 0. The predicted octanol–water partition coefficient (Wildman–Crippen LogP) is 5.03. The summed E-state index contributed by atoms with van der Waals surface area (Å²) in [5, 5.41) is 3.38. The highest BCUT2D eigenvalue weighted by molar-refractivity contribution is 5.88. The van der Waals surface area contributed by atoms with Crippen LogP contribution in [0.4, 0.5) is 0 Å². The van der Waals surface area contributed by atoms with Crippen LogP contribution in [-0.2, 0) is 44.6 Å². The quantitative estimate of drug-likeness (QED) is 0.181. The number of amides is 1. The van der Waals surface area contributed by atoms with Gasteiger partial charge in [-0.25, -0.2) is 14.7 Å². The Morgan fingerprint density at radius 2 is 1.45 bits per heavy atom. The number of aryl methyl sites for hydroxylation is 1. The average Bonchev–Trinajstić information content (AvgIpc) is 2.86. The molecule has 0 heterocycles. The van der Waals surface area contributed by atoms with Gasteiger partial charge in [0.15, 0.2) is 12.2 Å². The molecule has 0 aliphatic rings. The van der Waals surface area contributed by atoms with Crippen molar-refractivity contribution < 1.29 is 38.2 Å². The van der Waals surface area contributed by atoms with E-state index in [2.05, 4.69) is 30.3 Å². The number of carbonyl (C=O) groups is 3. The van der Waals surface area contributed by atoms with Gasteiger partial charge < -0.3 is 18.9 Å². The molecule has 0 aliphatic carbocycles. The van der Waals surface area contributed by atoms with E-state index >= 15 is 0 Å². The van der Waals surface area contributed by atoms with E-state index in [1.807, 2.05) is 12.1 Å². The molecule has 1 amide bonds. The molecule has 2 aromatic carbocycles. The van der Waals surface area contributed by atoms with Crippen LogP contribution in [0.3, 0.4) is 0 Å². The van der Waals surface area contributed by atoms with Crippen LogP contribution >= 0.6 is 0 Å². The molecule has 0 aromatic heterocycles. The first kappa shape index (κ1) is 33.2. The van der Waals surface area contributed by atoms with E-state index in [1.54, 1.807) is 41.5 Å². The SMILES string of the molecule is CON(C)C(=O)[C@H](OCCCCCc1ccc2ccccc2c1)[C@@H](OCC(=O)OC(C)(C)C)C(=O)OC(C)(C)C. The van der Waals surface area contributed by atoms with E-state index < -0.39 is 47.9 Å². The molecule has 2 atom stereocenters. The molecule has 0 spiro atoms. The van der Waals surface area contributed by atoms with E-state index in [4.69, 9.17) is 23.8 Å². The lowest BCUT2D eigenvalue weighted by atomic mass is 10.0. The zero-order chi connectivity index (χ0) is 29.9. The van der Waals surface area contributed by atoms with Crippen LogP contribution in [0.1, 0.15) is 66.4 Å². The van der Waals surface area contributed by atoms with Gasteiger partial charge in [-0.15, -0.1) is 0 Å². The van der Waals surface area contributed by atoms with Crippen molar-refractivity contribution in [2.24, 2.45) is 0 Å². The van der Waals surface area contributed by atoms with Crippen molar-refractivity contribution in [3.05, 3.63) is 48.0 Å². The van der Waals surface area contributed by atoms with Crippen LogP contribution in [0.2, 0.25) is 0 Å². The first-order chi connectivity index (χ1) is 18.7. The number of likely N-dealkylation sites (N-methyl/N-ethyl adjacent to an activating group) is 1. The molecular formula is C31H45NO8. The predicted molar refractivity (Wildman–Crippen MR) is 152 cm³/mol. The molecule has 0 saturated carbocycles. The van der Waals surface area contributed by atoms with E-state index in [0.29, 0.717) is 6.42 Å². The number of hydrogen-bond acceptors (Lipinski definition) is 8. The van der Waals surface area contributed by atoms with Gasteiger partial charge in [-0.1, -0.05) is 48.9 Å². The Bertz CT molecular complexity index is 1120. The molecule has 9 heteroatoms. The Balaban J connectivity index is 2.04. The number of hydrogen-bond donors (Lipinski definition) is 0. The van der Waals surface area contributed by atoms with E-state index in [-0.39, 0.29) is 6.61 Å². The van der Waals surface area contributed by atoms with Gasteiger partial charge in [0, 0.05) is 13.7 Å². The summed E-state index contributed by atoms with van der Waals surface area (Å²) in [6, 6.07) is 14.7. The zero-order valence-electron chi connectivity index (χ0n) is 25.2. The van der Waals surface area contributed by atoms with Crippen molar-refractivity contribution >= 4 is 28.6 Å². The largest absolute Gasteiger partial charge is 0.458 e. The molecule has 0 bridgehead atoms. The van der Waals surface area contributed by atoms with Crippen molar-refractivity contribution in [2.75, 3.05) is 27.4 Å². The normalized spacial score (nSPS) is 13.5. The van der Waals surface area contributed by atoms with Crippen LogP contribution in [0.25, 0.3) is 10.8 Å². The number of hydroxylamine groups is 2. The van der Waals surface area contributed by atoms with Crippen molar-refractivity contribution in [2.45, 2.75) is 90.6 Å². The lowest BCUT2D eigenvalue weighted by molar-refractivity contribution is -0.202. The standard InChI is InChI=1S/C31H45NO8/c1-30(2,3)39-25(33)21-38-27(29(35)40-31(4,5)6)26(28(34)32(7)36-8)37-19-13-9-10-14-22-17-18-23-15-11-12-16-24(23)20-22/h11-12,15-18,20,26-27H,9-10,13-14,19,21H2,1-8H3/t26-,27-/m1/s1. The molecule has 0 radical (unpaired) electrons.